The summed E-state index contributed by atoms with van der Waals surface area (Å²) in [6.07, 6.45) is 4.94. The van der Waals surface area contributed by atoms with Crippen molar-refractivity contribution in [1.82, 2.24) is 10.2 Å². The van der Waals surface area contributed by atoms with Gasteiger partial charge in [0, 0.05) is 24.2 Å². The van der Waals surface area contributed by atoms with Crippen LogP contribution in [0.15, 0.2) is 0 Å². The molecule has 1 aliphatic carbocycles. The van der Waals surface area contributed by atoms with Crippen molar-refractivity contribution in [3.8, 4) is 0 Å². The first-order chi connectivity index (χ1) is 8.02. The van der Waals surface area contributed by atoms with Crippen molar-refractivity contribution in [3.05, 3.63) is 0 Å². The van der Waals surface area contributed by atoms with E-state index in [9.17, 15) is 5.11 Å². The van der Waals surface area contributed by atoms with Crippen LogP contribution in [0.1, 0.15) is 46.5 Å². The third kappa shape index (κ3) is 3.67. The van der Waals surface area contributed by atoms with Gasteiger partial charge in [-0.05, 0) is 52.0 Å². The quantitative estimate of drug-likeness (QED) is 0.740. The van der Waals surface area contributed by atoms with Crippen LogP contribution in [0, 0.1) is 5.92 Å². The van der Waals surface area contributed by atoms with Gasteiger partial charge >= 0.3 is 0 Å². The molecule has 0 aromatic heterocycles. The van der Waals surface area contributed by atoms with Crippen LogP contribution in [0.3, 0.4) is 0 Å². The second-order valence-electron chi connectivity index (χ2n) is 6.58. The zero-order valence-corrected chi connectivity index (χ0v) is 11.6. The Morgan fingerprint density at radius 1 is 1.41 bits per heavy atom. The first kappa shape index (κ1) is 13.3. The van der Waals surface area contributed by atoms with Gasteiger partial charge in [0.2, 0.25) is 0 Å². The number of nitrogens with one attached hydrogen (secondary N) is 1. The minimum absolute atomic E-state index is 0.0909. The highest BCUT2D eigenvalue weighted by Gasteiger charge is 2.35. The lowest BCUT2D eigenvalue weighted by atomic mass is 9.93. The molecule has 2 aliphatic rings. The van der Waals surface area contributed by atoms with E-state index in [1.54, 1.807) is 0 Å². The van der Waals surface area contributed by atoms with Crippen LogP contribution in [0.4, 0.5) is 0 Å². The molecule has 3 atom stereocenters. The lowest BCUT2D eigenvalue weighted by Gasteiger charge is -2.35. The Morgan fingerprint density at radius 3 is 2.59 bits per heavy atom. The van der Waals surface area contributed by atoms with Crippen molar-refractivity contribution < 1.29 is 5.11 Å². The number of rotatable bonds is 6. The van der Waals surface area contributed by atoms with E-state index in [4.69, 9.17) is 0 Å². The average Bonchev–Trinajstić information content (AvgIpc) is 2.97. The largest absolute Gasteiger partial charge is 0.394 e. The third-order valence-corrected chi connectivity index (χ3v) is 4.30. The minimum Gasteiger partial charge on any atom is -0.394 e. The summed E-state index contributed by atoms with van der Waals surface area (Å²) in [5.41, 5.74) is -0.0909. The fourth-order valence-corrected chi connectivity index (χ4v) is 3.04. The molecule has 2 N–H and O–H groups in total. The van der Waals surface area contributed by atoms with Gasteiger partial charge < -0.3 is 15.3 Å². The lowest BCUT2D eigenvalue weighted by molar-refractivity contribution is 0.123. The van der Waals surface area contributed by atoms with Gasteiger partial charge in [-0.1, -0.05) is 6.92 Å². The molecule has 0 radical (unpaired) electrons. The molecule has 2 rings (SSSR count). The van der Waals surface area contributed by atoms with Crippen LogP contribution < -0.4 is 5.32 Å². The van der Waals surface area contributed by atoms with Gasteiger partial charge in [-0.2, -0.15) is 0 Å². The maximum atomic E-state index is 9.62. The number of nitrogens with zero attached hydrogens (tertiary/aromatic N) is 1. The Balaban J connectivity index is 1.84. The van der Waals surface area contributed by atoms with Crippen LogP contribution in [0.5, 0.6) is 0 Å². The van der Waals surface area contributed by atoms with Crippen LogP contribution in [-0.4, -0.2) is 47.3 Å². The van der Waals surface area contributed by atoms with Crippen molar-refractivity contribution in [2.75, 3.05) is 19.7 Å². The summed E-state index contributed by atoms with van der Waals surface area (Å²) >= 11 is 0. The smallest absolute Gasteiger partial charge is 0.0611 e. The van der Waals surface area contributed by atoms with Crippen LogP contribution in [0.2, 0.25) is 0 Å². The molecule has 2 fully saturated rings. The molecule has 1 aliphatic heterocycles. The van der Waals surface area contributed by atoms with Crippen LogP contribution >= 0.6 is 0 Å². The van der Waals surface area contributed by atoms with E-state index in [-0.39, 0.29) is 12.1 Å². The Kier molecular flexibility index (Phi) is 4.11. The van der Waals surface area contributed by atoms with E-state index >= 15 is 0 Å². The fraction of sp³-hybridized carbons (Fsp3) is 1.00. The van der Waals surface area contributed by atoms with Crippen molar-refractivity contribution in [1.29, 1.82) is 0 Å². The summed E-state index contributed by atoms with van der Waals surface area (Å²) in [6.45, 7) is 9.51. The highest BCUT2D eigenvalue weighted by molar-refractivity contribution is 4.95. The molecule has 1 saturated carbocycles. The van der Waals surface area contributed by atoms with Gasteiger partial charge in [0.05, 0.1) is 6.61 Å². The van der Waals surface area contributed by atoms with E-state index in [2.05, 4.69) is 31.0 Å². The second-order valence-corrected chi connectivity index (χ2v) is 6.58. The molecule has 1 saturated heterocycles. The van der Waals surface area contributed by atoms with E-state index in [1.165, 1.54) is 32.4 Å². The molecule has 0 amide bonds. The van der Waals surface area contributed by atoms with Crippen LogP contribution in [0.25, 0.3) is 0 Å². The normalized spacial score (nSPS) is 31.4. The van der Waals surface area contributed by atoms with E-state index in [0.29, 0.717) is 12.1 Å². The molecule has 0 bridgehead atoms. The Morgan fingerprint density at radius 2 is 2.12 bits per heavy atom. The SMILES string of the molecule is CC1CCN(C(C)CC(C)(CO)NC2CC2)C1. The van der Waals surface area contributed by atoms with E-state index in [1.807, 2.05) is 0 Å². The van der Waals surface area contributed by atoms with Crippen molar-refractivity contribution in [2.45, 2.75) is 64.1 Å². The van der Waals surface area contributed by atoms with Crippen LogP contribution in [-0.2, 0) is 0 Å². The zero-order chi connectivity index (χ0) is 12.5. The Bertz CT molecular complexity index is 255. The number of aliphatic hydroxyl groups excluding tert-OH is 1. The molecule has 3 heteroatoms. The first-order valence-corrected chi connectivity index (χ1v) is 7.15. The third-order valence-electron chi connectivity index (χ3n) is 4.30. The number of aliphatic hydroxyl groups is 1. The minimum atomic E-state index is -0.0909. The van der Waals surface area contributed by atoms with E-state index in [0.717, 1.165) is 12.3 Å². The molecular weight excluding hydrogens is 212 g/mol. The number of hydrogen-bond donors (Lipinski definition) is 2. The van der Waals surface area contributed by atoms with Crippen molar-refractivity contribution in [2.24, 2.45) is 5.92 Å². The summed E-state index contributed by atoms with van der Waals surface area (Å²) in [4.78, 5) is 2.58. The summed E-state index contributed by atoms with van der Waals surface area (Å²) in [5.74, 6) is 0.842. The highest BCUT2D eigenvalue weighted by atomic mass is 16.3. The summed E-state index contributed by atoms with van der Waals surface area (Å²) in [7, 11) is 0. The average molecular weight is 240 g/mol. The number of hydrogen-bond acceptors (Lipinski definition) is 3. The molecule has 3 nitrogen and oxygen atoms in total. The Labute approximate surface area is 106 Å². The Hall–Kier alpha value is -0.120. The van der Waals surface area contributed by atoms with Gasteiger partial charge in [0.25, 0.3) is 0 Å². The molecule has 3 unspecified atom stereocenters. The monoisotopic (exact) mass is 240 g/mol. The first-order valence-electron chi connectivity index (χ1n) is 7.15. The molecule has 0 aromatic carbocycles. The summed E-state index contributed by atoms with van der Waals surface area (Å²) in [6, 6.07) is 1.24. The van der Waals surface area contributed by atoms with Crippen molar-refractivity contribution >= 4 is 0 Å². The topological polar surface area (TPSA) is 35.5 Å². The zero-order valence-electron chi connectivity index (χ0n) is 11.6. The van der Waals surface area contributed by atoms with Gasteiger partial charge in [0.15, 0.2) is 0 Å². The standard InChI is InChI=1S/C14H28N2O/c1-11-6-7-16(9-11)12(2)8-14(3,10-17)15-13-4-5-13/h11-13,15,17H,4-10H2,1-3H3. The molecule has 0 aromatic rings. The summed E-state index contributed by atoms with van der Waals surface area (Å²) < 4.78 is 0. The predicted molar refractivity (Wildman–Crippen MR) is 71.1 cm³/mol. The van der Waals surface area contributed by atoms with Gasteiger partial charge in [-0.25, -0.2) is 0 Å². The van der Waals surface area contributed by atoms with Gasteiger partial charge in [-0.15, -0.1) is 0 Å². The number of likely N-dealkylation sites (tertiary alicyclic amines) is 1. The van der Waals surface area contributed by atoms with Gasteiger partial charge in [0.1, 0.15) is 0 Å². The summed E-state index contributed by atoms with van der Waals surface area (Å²) in [5, 5.41) is 13.2. The van der Waals surface area contributed by atoms with E-state index < -0.39 is 0 Å². The highest BCUT2D eigenvalue weighted by Crippen LogP contribution is 2.27. The lowest BCUT2D eigenvalue weighted by Crippen LogP contribution is -2.51. The fourth-order valence-electron chi connectivity index (χ4n) is 3.04. The van der Waals surface area contributed by atoms with Gasteiger partial charge in [-0.3, -0.25) is 0 Å². The molecule has 1 heterocycles. The second kappa shape index (κ2) is 5.25. The molecule has 17 heavy (non-hydrogen) atoms. The molecule has 100 valence electrons. The molecule has 0 spiro atoms. The predicted octanol–water partition coefficient (Wildman–Crippen LogP) is 1.61. The maximum Gasteiger partial charge on any atom is 0.0611 e. The van der Waals surface area contributed by atoms with Crippen molar-refractivity contribution in [3.63, 3.8) is 0 Å². The maximum absolute atomic E-state index is 9.62. The molecular formula is C14H28N2O.